The van der Waals surface area contributed by atoms with Gasteiger partial charge in [0.25, 0.3) is 0 Å². The first-order chi connectivity index (χ1) is 10.2. The first-order valence-electron chi connectivity index (χ1n) is 8.58. The molecule has 2 aliphatic carbocycles. The minimum Gasteiger partial charge on any atom is -0.341 e. The van der Waals surface area contributed by atoms with Gasteiger partial charge in [0.15, 0.2) is 0 Å². The average molecular weight is 293 g/mol. The second-order valence-electron chi connectivity index (χ2n) is 6.72. The highest BCUT2D eigenvalue weighted by Gasteiger charge is 2.34. The average Bonchev–Trinajstić information content (AvgIpc) is 3.34. The summed E-state index contributed by atoms with van der Waals surface area (Å²) in [5.74, 6) is 0.595. The van der Waals surface area contributed by atoms with E-state index in [0.29, 0.717) is 25.0 Å². The molecule has 0 atom stereocenters. The molecule has 1 saturated heterocycles. The molecule has 0 aromatic rings. The zero-order valence-corrected chi connectivity index (χ0v) is 12.9. The fourth-order valence-corrected chi connectivity index (χ4v) is 3.44. The van der Waals surface area contributed by atoms with Crippen molar-refractivity contribution in [1.82, 2.24) is 15.1 Å². The standard InChI is InChI=1S/C16H27N3O2/c20-15(13-7-8-13)18-9-4-10-19(12-11-18)16(21)17-14-5-2-1-3-6-14/h13-14H,1-12H2,(H,17,21). The number of rotatable bonds is 2. The molecule has 0 aromatic heterocycles. The van der Waals surface area contributed by atoms with Gasteiger partial charge >= 0.3 is 6.03 Å². The van der Waals surface area contributed by atoms with Gasteiger partial charge in [-0.25, -0.2) is 4.79 Å². The molecule has 0 spiro atoms. The molecule has 0 radical (unpaired) electrons. The van der Waals surface area contributed by atoms with Crippen molar-refractivity contribution in [2.24, 2.45) is 5.92 Å². The topological polar surface area (TPSA) is 52.7 Å². The van der Waals surface area contributed by atoms with Crippen molar-refractivity contribution in [3.8, 4) is 0 Å². The molecule has 1 aliphatic heterocycles. The quantitative estimate of drug-likeness (QED) is 0.846. The predicted octanol–water partition coefficient (Wildman–Crippen LogP) is 1.97. The summed E-state index contributed by atoms with van der Waals surface area (Å²) in [6.45, 7) is 2.96. The van der Waals surface area contributed by atoms with Crippen molar-refractivity contribution in [3.05, 3.63) is 0 Å². The summed E-state index contributed by atoms with van der Waals surface area (Å²) in [6.07, 6.45) is 9.01. The van der Waals surface area contributed by atoms with Gasteiger partial charge in [-0.3, -0.25) is 4.79 Å². The van der Waals surface area contributed by atoms with Crippen LogP contribution in [0.1, 0.15) is 51.4 Å². The summed E-state index contributed by atoms with van der Waals surface area (Å²) < 4.78 is 0. The van der Waals surface area contributed by atoms with Crippen molar-refractivity contribution in [2.45, 2.75) is 57.4 Å². The van der Waals surface area contributed by atoms with Gasteiger partial charge in [0.1, 0.15) is 0 Å². The second-order valence-corrected chi connectivity index (χ2v) is 6.72. The molecular formula is C16H27N3O2. The summed E-state index contributed by atoms with van der Waals surface area (Å²) in [5, 5.41) is 3.18. The number of carbonyl (C=O) groups excluding carboxylic acids is 2. The molecular weight excluding hydrogens is 266 g/mol. The highest BCUT2D eigenvalue weighted by Crippen LogP contribution is 2.31. The third-order valence-corrected chi connectivity index (χ3v) is 4.95. The van der Waals surface area contributed by atoms with Crippen molar-refractivity contribution < 1.29 is 9.59 Å². The van der Waals surface area contributed by atoms with Gasteiger partial charge in [0, 0.05) is 38.1 Å². The molecule has 5 heteroatoms. The number of nitrogens with zero attached hydrogens (tertiary/aromatic N) is 2. The Bertz CT molecular complexity index is 389. The van der Waals surface area contributed by atoms with Crippen LogP contribution < -0.4 is 5.32 Å². The van der Waals surface area contributed by atoms with E-state index < -0.39 is 0 Å². The maximum Gasteiger partial charge on any atom is 0.317 e. The Morgan fingerprint density at radius 1 is 0.762 bits per heavy atom. The van der Waals surface area contributed by atoms with E-state index in [2.05, 4.69) is 5.32 Å². The minimum absolute atomic E-state index is 0.0719. The van der Waals surface area contributed by atoms with Gasteiger partial charge in [0.2, 0.25) is 5.91 Å². The summed E-state index contributed by atoms with van der Waals surface area (Å²) in [7, 11) is 0. The minimum atomic E-state index is 0.0719. The molecule has 3 amide bonds. The maximum absolute atomic E-state index is 12.4. The van der Waals surface area contributed by atoms with Crippen LogP contribution in [0.15, 0.2) is 0 Å². The van der Waals surface area contributed by atoms with Gasteiger partial charge in [-0.15, -0.1) is 0 Å². The Morgan fingerprint density at radius 3 is 2.14 bits per heavy atom. The number of carbonyl (C=O) groups is 2. The van der Waals surface area contributed by atoms with Gasteiger partial charge in [-0.1, -0.05) is 19.3 Å². The van der Waals surface area contributed by atoms with E-state index in [1.54, 1.807) is 0 Å². The number of amides is 3. The lowest BCUT2D eigenvalue weighted by molar-refractivity contribution is -0.132. The summed E-state index contributed by atoms with van der Waals surface area (Å²) >= 11 is 0. The van der Waals surface area contributed by atoms with Gasteiger partial charge < -0.3 is 15.1 Å². The molecule has 118 valence electrons. The molecule has 0 unspecified atom stereocenters. The van der Waals surface area contributed by atoms with Crippen molar-refractivity contribution in [2.75, 3.05) is 26.2 Å². The van der Waals surface area contributed by atoms with Crippen molar-refractivity contribution in [3.63, 3.8) is 0 Å². The summed E-state index contributed by atoms with van der Waals surface area (Å²) in [5.41, 5.74) is 0. The van der Waals surface area contributed by atoms with Crippen LogP contribution in [0.3, 0.4) is 0 Å². The Morgan fingerprint density at radius 2 is 1.43 bits per heavy atom. The van der Waals surface area contributed by atoms with E-state index in [-0.39, 0.29) is 11.9 Å². The Hall–Kier alpha value is -1.26. The fourth-order valence-electron chi connectivity index (χ4n) is 3.44. The maximum atomic E-state index is 12.4. The van der Waals surface area contributed by atoms with E-state index in [1.165, 1.54) is 19.3 Å². The third-order valence-electron chi connectivity index (χ3n) is 4.95. The van der Waals surface area contributed by atoms with E-state index in [0.717, 1.165) is 45.2 Å². The molecule has 3 aliphatic rings. The zero-order chi connectivity index (χ0) is 14.7. The number of hydrogen-bond acceptors (Lipinski definition) is 2. The van der Waals surface area contributed by atoms with Crippen LogP contribution in [-0.2, 0) is 4.79 Å². The normalized spacial score (nSPS) is 24.6. The first-order valence-corrected chi connectivity index (χ1v) is 8.58. The lowest BCUT2D eigenvalue weighted by atomic mass is 9.96. The molecule has 21 heavy (non-hydrogen) atoms. The monoisotopic (exact) mass is 293 g/mol. The van der Waals surface area contributed by atoms with Crippen molar-refractivity contribution >= 4 is 11.9 Å². The van der Waals surface area contributed by atoms with Gasteiger partial charge in [-0.05, 0) is 32.1 Å². The molecule has 0 bridgehead atoms. The van der Waals surface area contributed by atoms with Crippen LogP contribution in [0.2, 0.25) is 0 Å². The lowest BCUT2D eigenvalue weighted by Crippen LogP contribution is -2.47. The highest BCUT2D eigenvalue weighted by molar-refractivity contribution is 5.81. The zero-order valence-electron chi connectivity index (χ0n) is 12.9. The largest absolute Gasteiger partial charge is 0.341 e. The Labute approximate surface area is 127 Å². The number of nitrogens with one attached hydrogen (secondary N) is 1. The smallest absolute Gasteiger partial charge is 0.317 e. The van der Waals surface area contributed by atoms with Crippen LogP contribution in [0.4, 0.5) is 4.79 Å². The second kappa shape index (κ2) is 6.67. The third kappa shape index (κ3) is 3.89. The first kappa shape index (κ1) is 14.7. The predicted molar refractivity (Wildman–Crippen MR) is 80.9 cm³/mol. The molecule has 2 saturated carbocycles. The number of urea groups is 1. The van der Waals surface area contributed by atoms with Crippen molar-refractivity contribution in [1.29, 1.82) is 0 Å². The van der Waals surface area contributed by atoms with E-state index in [9.17, 15) is 9.59 Å². The van der Waals surface area contributed by atoms with Crippen LogP contribution >= 0.6 is 0 Å². The highest BCUT2D eigenvalue weighted by atomic mass is 16.2. The summed E-state index contributed by atoms with van der Waals surface area (Å²) in [6, 6.07) is 0.432. The van der Waals surface area contributed by atoms with E-state index in [1.807, 2.05) is 9.80 Å². The van der Waals surface area contributed by atoms with E-state index in [4.69, 9.17) is 0 Å². The van der Waals surface area contributed by atoms with Gasteiger partial charge in [-0.2, -0.15) is 0 Å². The molecule has 0 aromatic carbocycles. The lowest BCUT2D eigenvalue weighted by Gasteiger charge is -2.27. The Kier molecular flexibility index (Phi) is 4.66. The van der Waals surface area contributed by atoms with E-state index >= 15 is 0 Å². The van der Waals surface area contributed by atoms with Crippen LogP contribution in [0, 0.1) is 5.92 Å². The van der Waals surface area contributed by atoms with Crippen LogP contribution in [-0.4, -0.2) is 54.0 Å². The molecule has 3 fully saturated rings. The molecule has 5 nitrogen and oxygen atoms in total. The Balaban J connectivity index is 1.47. The van der Waals surface area contributed by atoms with Gasteiger partial charge in [0.05, 0.1) is 0 Å². The summed E-state index contributed by atoms with van der Waals surface area (Å²) in [4.78, 5) is 28.3. The van der Waals surface area contributed by atoms with Crippen LogP contribution in [0.25, 0.3) is 0 Å². The van der Waals surface area contributed by atoms with Crippen LogP contribution in [0.5, 0.6) is 0 Å². The molecule has 3 rings (SSSR count). The fraction of sp³-hybridized carbons (Fsp3) is 0.875. The number of hydrogen-bond donors (Lipinski definition) is 1. The molecule has 1 N–H and O–H groups in total. The SMILES string of the molecule is O=C(NC1CCCCC1)N1CCCN(C(=O)C2CC2)CC1. The molecule has 1 heterocycles.